The zero-order chi connectivity index (χ0) is 14.1. The monoisotopic (exact) mass is 257 g/mol. The molecule has 0 bridgehead atoms. The molecular formula is C17H23NO. The second kappa shape index (κ2) is 5.00. The minimum Gasteiger partial charge on any atom is -0.385 e. The fourth-order valence-corrected chi connectivity index (χ4v) is 2.88. The van der Waals surface area contributed by atoms with E-state index in [1.807, 2.05) is 30.3 Å². The van der Waals surface area contributed by atoms with Crippen molar-refractivity contribution in [3.8, 4) is 12.3 Å². The second-order valence-corrected chi connectivity index (χ2v) is 6.09. The molecule has 19 heavy (non-hydrogen) atoms. The van der Waals surface area contributed by atoms with Crippen LogP contribution >= 0.6 is 0 Å². The molecule has 2 nitrogen and oxygen atoms in total. The Morgan fingerprint density at radius 3 is 2.53 bits per heavy atom. The molecule has 0 aliphatic carbocycles. The third-order valence-corrected chi connectivity index (χ3v) is 4.49. The highest BCUT2D eigenvalue weighted by molar-refractivity contribution is 5.24. The molecule has 1 aliphatic heterocycles. The van der Waals surface area contributed by atoms with Crippen molar-refractivity contribution in [2.24, 2.45) is 5.92 Å². The molecule has 0 amide bonds. The van der Waals surface area contributed by atoms with Crippen LogP contribution in [0.3, 0.4) is 0 Å². The van der Waals surface area contributed by atoms with Crippen molar-refractivity contribution in [3.63, 3.8) is 0 Å². The van der Waals surface area contributed by atoms with Crippen LogP contribution in [0.2, 0.25) is 0 Å². The van der Waals surface area contributed by atoms with Gasteiger partial charge in [-0.05, 0) is 25.8 Å². The van der Waals surface area contributed by atoms with Crippen molar-refractivity contribution in [2.45, 2.75) is 38.3 Å². The highest BCUT2D eigenvalue weighted by atomic mass is 16.3. The Morgan fingerprint density at radius 1 is 1.37 bits per heavy atom. The molecule has 0 spiro atoms. The highest BCUT2D eigenvalue weighted by Gasteiger charge is 2.42. The number of terminal acetylenes is 1. The summed E-state index contributed by atoms with van der Waals surface area (Å²) in [5, 5.41) is 11.0. The van der Waals surface area contributed by atoms with Crippen LogP contribution in [-0.2, 0) is 5.60 Å². The molecule has 102 valence electrons. The van der Waals surface area contributed by atoms with Crippen LogP contribution in [-0.4, -0.2) is 28.6 Å². The molecule has 1 aliphatic rings. The summed E-state index contributed by atoms with van der Waals surface area (Å²) in [5.41, 5.74) is 0.0370. The van der Waals surface area contributed by atoms with Crippen LogP contribution < -0.4 is 0 Å². The van der Waals surface area contributed by atoms with Crippen molar-refractivity contribution in [3.05, 3.63) is 35.9 Å². The number of hydrogen-bond donors (Lipinski definition) is 1. The van der Waals surface area contributed by atoms with Crippen LogP contribution in [0.15, 0.2) is 30.3 Å². The van der Waals surface area contributed by atoms with Crippen molar-refractivity contribution in [1.82, 2.24) is 4.90 Å². The van der Waals surface area contributed by atoms with Crippen LogP contribution in [0.5, 0.6) is 0 Å². The summed E-state index contributed by atoms with van der Waals surface area (Å²) in [4.78, 5) is 2.29. The van der Waals surface area contributed by atoms with E-state index < -0.39 is 5.60 Å². The van der Waals surface area contributed by atoms with Crippen molar-refractivity contribution < 1.29 is 5.11 Å². The number of piperidine rings is 1. The van der Waals surface area contributed by atoms with Gasteiger partial charge in [0.15, 0.2) is 0 Å². The van der Waals surface area contributed by atoms with Gasteiger partial charge in [0.05, 0.1) is 11.1 Å². The summed E-state index contributed by atoms with van der Waals surface area (Å²) in [6.45, 7) is 7.88. The maximum atomic E-state index is 11.0. The van der Waals surface area contributed by atoms with E-state index in [0.29, 0.717) is 0 Å². The summed E-state index contributed by atoms with van der Waals surface area (Å²) in [6.07, 6.45) is 6.33. The lowest BCUT2D eigenvalue weighted by Crippen LogP contribution is -2.55. The molecule has 0 aromatic heterocycles. The summed E-state index contributed by atoms with van der Waals surface area (Å²) in [6, 6.07) is 9.97. The van der Waals surface area contributed by atoms with Gasteiger partial charge in [0.25, 0.3) is 0 Å². The number of likely N-dealkylation sites (tertiary alicyclic amines) is 1. The first-order valence-corrected chi connectivity index (χ1v) is 6.91. The molecule has 1 saturated heterocycles. The fourth-order valence-electron chi connectivity index (χ4n) is 2.88. The fraction of sp³-hybridized carbons (Fsp3) is 0.529. The van der Waals surface area contributed by atoms with Gasteiger partial charge in [0.2, 0.25) is 0 Å². The van der Waals surface area contributed by atoms with E-state index in [-0.39, 0.29) is 11.5 Å². The summed E-state index contributed by atoms with van der Waals surface area (Å²) in [5.74, 6) is 3.01. The normalized spacial score (nSPS) is 28.9. The van der Waals surface area contributed by atoms with Gasteiger partial charge in [-0.3, -0.25) is 4.90 Å². The Morgan fingerprint density at radius 2 is 2.00 bits per heavy atom. The predicted molar refractivity (Wildman–Crippen MR) is 78.6 cm³/mol. The number of benzene rings is 1. The van der Waals surface area contributed by atoms with E-state index in [1.165, 1.54) is 0 Å². The van der Waals surface area contributed by atoms with Crippen LogP contribution in [0, 0.1) is 18.3 Å². The Kier molecular flexibility index (Phi) is 3.71. The van der Waals surface area contributed by atoms with Crippen LogP contribution in [0.1, 0.15) is 32.8 Å². The van der Waals surface area contributed by atoms with Crippen molar-refractivity contribution >= 4 is 0 Å². The Bertz CT molecular complexity index is 474. The largest absolute Gasteiger partial charge is 0.385 e. The maximum absolute atomic E-state index is 11.0. The molecule has 1 heterocycles. The molecule has 0 radical (unpaired) electrons. The standard InChI is InChI=1S/C17H23NO/c1-5-16(3,4)18-12-11-17(19,14(2)13-18)15-9-7-6-8-10-15/h1,6-10,14,19H,11-13H2,2-4H3/t14-,17-/m1/s1. The third-order valence-electron chi connectivity index (χ3n) is 4.49. The topological polar surface area (TPSA) is 23.5 Å². The molecule has 2 rings (SSSR count). The summed E-state index contributed by atoms with van der Waals surface area (Å²) >= 11 is 0. The molecule has 0 unspecified atom stereocenters. The first kappa shape index (κ1) is 14.1. The smallest absolute Gasteiger partial charge is 0.0946 e. The molecule has 1 aromatic carbocycles. The highest BCUT2D eigenvalue weighted by Crippen LogP contribution is 2.38. The van der Waals surface area contributed by atoms with Crippen LogP contribution in [0.4, 0.5) is 0 Å². The molecule has 1 aromatic rings. The average Bonchev–Trinajstić information content (AvgIpc) is 2.42. The van der Waals surface area contributed by atoms with Gasteiger partial charge in [0, 0.05) is 19.0 Å². The van der Waals surface area contributed by atoms with E-state index in [0.717, 1.165) is 25.1 Å². The number of rotatable bonds is 2. The Hall–Kier alpha value is -1.30. The number of hydrogen-bond acceptors (Lipinski definition) is 2. The molecule has 0 saturated carbocycles. The zero-order valence-electron chi connectivity index (χ0n) is 12.1. The molecule has 1 N–H and O–H groups in total. The predicted octanol–water partition coefficient (Wildman–Crippen LogP) is 2.63. The first-order valence-electron chi connectivity index (χ1n) is 6.91. The van der Waals surface area contributed by atoms with Crippen molar-refractivity contribution in [1.29, 1.82) is 0 Å². The van der Waals surface area contributed by atoms with E-state index in [9.17, 15) is 5.11 Å². The minimum absolute atomic E-state index is 0.163. The third kappa shape index (κ3) is 2.54. The van der Waals surface area contributed by atoms with Gasteiger partial charge in [0.1, 0.15) is 0 Å². The molecule has 2 atom stereocenters. The van der Waals surface area contributed by atoms with Crippen molar-refractivity contribution in [2.75, 3.05) is 13.1 Å². The summed E-state index contributed by atoms with van der Waals surface area (Å²) in [7, 11) is 0. The summed E-state index contributed by atoms with van der Waals surface area (Å²) < 4.78 is 0. The van der Waals surface area contributed by atoms with E-state index in [1.54, 1.807) is 0 Å². The van der Waals surface area contributed by atoms with E-state index in [4.69, 9.17) is 6.42 Å². The molecular weight excluding hydrogens is 234 g/mol. The first-order chi connectivity index (χ1) is 8.90. The van der Waals surface area contributed by atoms with Gasteiger partial charge < -0.3 is 5.11 Å². The zero-order valence-corrected chi connectivity index (χ0v) is 12.1. The van der Waals surface area contributed by atoms with Gasteiger partial charge in [-0.2, -0.15) is 0 Å². The SMILES string of the molecule is C#CC(C)(C)N1CC[C@](O)(c2ccccc2)[C@H](C)C1. The quantitative estimate of drug-likeness (QED) is 0.823. The average molecular weight is 257 g/mol. The van der Waals surface area contributed by atoms with Gasteiger partial charge in [-0.1, -0.05) is 43.2 Å². The number of nitrogens with zero attached hydrogens (tertiary/aromatic N) is 1. The lowest BCUT2D eigenvalue weighted by Gasteiger charge is -2.47. The van der Waals surface area contributed by atoms with E-state index in [2.05, 4.69) is 31.6 Å². The maximum Gasteiger partial charge on any atom is 0.0946 e. The van der Waals surface area contributed by atoms with E-state index >= 15 is 0 Å². The Labute approximate surface area is 116 Å². The minimum atomic E-state index is -0.734. The molecule has 1 fully saturated rings. The van der Waals surface area contributed by atoms with Gasteiger partial charge in [-0.25, -0.2) is 0 Å². The van der Waals surface area contributed by atoms with Crippen LogP contribution in [0.25, 0.3) is 0 Å². The lowest BCUT2D eigenvalue weighted by atomic mass is 9.76. The van der Waals surface area contributed by atoms with Gasteiger partial charge >= 0.3 is 0 Å². The molecule has 2 heteroatoms. The van der Waals surface area contributed by atoms with Gasteiger partial charge in [-0.15, -0.1) is 6.42 Å². The second-order valence-electron chi connectivity index (χ2n) is 6.09. The lowest BCUT2D eigenvalue weighted by molar-refractivity contribution is -0.0837. The number of aliphatic hydroxyl groups is 1. The Balaban J connectivity index is 2.20.